The summed E-state index contributed by atoms with van der Waals surface area (Å²) in [4.78, 5) is 42.1. The number of amides is 1. The van der Waals surface area contributed by atoms with Crippen LogP contribution >= 0.6 is 11.6 Å². The largest absolute Gasteiger partial charge is 0.387 e. The lowest BCUT2D eigenvalue weighted by Crippen LogP contribution is -2.34. The Labute approximate surface area is 250 Å². The van der Waals surface area contributed by atoms with Crippen molar-refractivity contribution in [2.24, 2.45) is 10.7 Å². The van der Waals surface area contributed by atoms with Crippen LogP contribution < -0.4 is 11.3 Å². The molecule has 1 amide bonds. The van der Waals surface area contributed by atoms with Gasteiger partial charge in [-0.1, -0.05) is 31.5 Å². The number of carbonyl (C=O) groups is 1. The highest BCUT2D eigenvalue weighted by Gasteiger charge is 2.22. The van der Waals surface area contributed by atoms with Crippen molar-refractivity contribution in [2.45, 2.75) is 53.5 Å². The van der Waals surface area contributed by atoms with Gasteiger partial charge < -0.3 is 15.2 Å². The number of aliphatic imine (C=N–C) groups is 1. The molecule has 216 valence electrons. The average molecular weight is 583 g/mol. The number of pyridine rings is 1. The normalized spacial score (nSPS) is 12.9. The molecule has 0 spiro atoms. The Bertz CT molecular complexity index is 1780. The maximum Gasteiger partial charge on any atom is 0.258 e. The highest BCUT2D eigenvalue weighted by molar-refractivity contribution is 6.33. The lowest BCUT2D eigenvalue weighted by molar-refractivity contribution is -0.127. The lowest BCUT2D eigenvalue weighted by atomic mass is 9.98. The summed E-state index contributed by atoms with van der Waals surface area (Å²) in [6.07, 6.45) is 5.62. The minimum absolute atomic E-state index is 0.0332. The van der Waals surface area contributed by atoms with Crippen LogP contribution in [0.3, 0.4) is 0 Å². The molecule has 1 aliphatic heterocycles. The molecular formula is C33H35ClN6O2. The smallest absolute Gasteiger partial charge is 0.258 e. The molecule has 0 saturated carbocycles. The van der Waals surface area contributed by atoms with E-state index < -0.39 is 0 Å². The SMILES string of the molecule is CCCN(CCC)C(=O)C1=Cc2c(Cl)cc(-c3ccc4c(=O)n(Cc5nc(C)cc(C)n5)ccc4c3)cc2N=C(N)C1. The molecule has 9 heteroatoms. The number of carbonyl (C=O) groups excluding carboxylic acids is 1. The summed E-state index contributed by atoms with van der Waals surface area (Å²) < 4.78 is 1.63. The molecule has 2 aromatic heterocycles. The van der Waals surface area contributed by atoms with E-state index in [4.69, 9.17) is 17.3 Å². The van der Waals surface area contributed by atoms with E-state index in [1.807, 2.05) is 67.3 Å². The van der Waals surface area contributed by atoms with Crippen molar-refractivity contribution in [2.75, 3.05) is 13.1 Å². The van der Waals surface area contributed by atoms with Crippen LogP contribution in [0.4, 0.5) is 5.69 Å². The van der Waals surface area contributed by atoms with Crippen molar-refractivity contribution in [3.8, 4) is 11.1 Å². The molecule has 1 aliphatic rings. The number of hydrogen-bond donors (Lipinski definition) is 1. The first-order valence-corrected chi connectivity index (χ1v) is 14.7. The number of amidine groups is 1. The molecule has 42 heavy (non-hydrogen) atoms. The van der Waals surface area contributed by atoms with Crippen LogP contribution in [-0.2, 0) is 11.3 Å². The van der Waals surface area contributed by atoms with Gasteiger partial charge in [-0.15, -0.1) is 0 Å². The zero-order chi connectivity index (χ0) is 30.0. The predicted octanol–water partition coefficient (Wildman–Crippen LogP) is 6.20. The van der Waals surface area contributed by atoms with E-state index in [0.717, 1.165) is 40.7 Å². The Morgan fingerprint density at radius 3 is 2.40 bits per heavy atom. The van der Waals surface area contributed by atoms with Gasteiger partial charge in [-0.05, 0) is 85.7 Å². The summed E-state index contributed by atoms with van der Waals surface area (Å²) in [5, 5.41) is 1.89. The van der Waals surface area contributed by atoms with Crippen LogP contribution in [0.1, 0.15) is 55.9 Å². The average Bonchev–Trinajstić information content (AvgIpc) is 3.12. The third-order valence-corrected chi connectivity index (χ3v) is 7.57. The zero-order valence-electron chi connectivity index (χ0n) is 24.4. The number of aryl methyl sites for hydroxylation is 2. The van der Waals surface area contributed by atoms with Crippen molar-refractivity contribution >= 4 is 45.9 Å². The number of fused-ring (bicyclic) bond motifs is 2. The third-order valence-electron chi connectivity index (χ3n) is 7.26. The molecule has 0 atom stereocenters. The second kappa shape index (κ2) is 12.3. The highest BCUT2D eigenvalue weighted by Crippen LogP contribution is 2.38. The second-order valence-electron chi connectivity index (χ2n) is 10.8. The molecule has 0 radical (unpaired) electrons. The monoisotopic (exact) mass is 582 g/mol. The first kappa shape index (κ1) is 29.2. The van der Waals surface area contributed by atoms with E-state index in [-0.39, 0.29) is 17.9 Å². The summed E-state index contributed by atoms with van der Waals surface area (Å²) in [6.45, 7) is 9.63. The molecule has 5 rings (SSSR count). The second-order valence-corrected chi connectivity index (χ2v) is 11.2. The van der Waals surface area contributed by atoms with Gasteiger partial charge in [0.05, 0.1) is 17.3 Å². The summed E-state index contributed by atoms with van der Waals surface area (Å²) >= 11 is 6.81. The third kappa shape index (κ3) is 6.14. The van der Waals surface area contributed by atoms with Crippen LogP contribution in [0, 0.1) is 13.8 Å². The molecule has 0 unspecified atom stereocenters. The van der Waals surface area contributed by atoms with Crippen molar-refractivity contribution in [1.82, 2.24) is 19.4 Å². The van der Waals surface area contributed by atoms with Crippen molar-refractivity contribution in [1.29, 1.82) is 0 Å². The standard InChI is InChI=1S/C33H35ClN6O2/c1-5-10-39(11-6-2)32(41)25-15-27-28(34)16-24(17-29(27)38-30(35)18-25)22-7-8-26-23(14-22)9-12-40(33(26)42)19-31-36-20(3)13-21(4)37-31/h7-9,12-17H,5-6,10-11,18-19H2,1-4H3,(H2,35,38). The van der Waals surface area contributed by atoms with Gasteiger partial charge in [0.15, 0.2) is 0 Å². The molecule has 0 bridgehead atoms. The molecule has 0 saturated heterocycles. The van der Waals surface area contributed by atoms with Crippen LogP contribution in [0.15, 0.2) is 64.0 Å². The molecule has 0 aliphatic carbocycles. The molecule has 8 nitrogen and oxygen atoms in total. The predicted molar refractivity (Wildman–Crippen MR) is 170 cm³/mol. The number of nitrogens with two attached hydrogens (primary N) is 1. The Morgan fingerprint density at radius 2 is 1.71 bits per heavy atom. The minimum atomic E-state index is -0.110. The number of halogens is 1. The van der Waals surface area contributed by atoms with Crippen LogP contribution in [-0.4, -0.2) is 44.3 Å². The van der Waals surface area contributed by atoms with E-state index >= 15 is 0 Å². The van der Waals surface area contributed by atoms with Crippen molar-refractivity contribution in [3.05, 3.63) is 92.4 Å². The quantitative estimate of drug-likeness (QED) is 0.266. The number of rotatable bonds is 8. The van der Waals surface area contributed by atoms with Crippen LogP contribution in [0.25, 0.3) is 28.0 Å². The molecule has 3 heterocycles. The zero-order valence-corrected chi connectivity index (χ0v) is 25.2. The Morgan fingerprint density at radius 1 is 1.00 bits per heavy atom. The van der Waals surface area contributed by atoms with Crippen molar-refractivity contribution < 1.29 is 4.79 Å². The summed E-state index contributed by atoms with van der Waals surface area (Å²) in [6, 6.07) is 13.3. The van der Waals surface area contributed by atoms with E-state index in [0.29, 0.717) is 58.5 Å². The molecule has 2 aromatic carbocycles. The van der Waals surface area contributed by atoms with Gasteiger partial charge in [0.25, 0.3) is 5.56 Å². The van der Waals surface area contributed by atoms with Crippen molar-refractivity contribution in [3.63, 3.8) is 0 Å². The Balaban J connectivity index is 1.49. The van der Waals surface area contributed by atoms with Gasteiger partial charge in [-0.2, -0.15) is 0 Å². The van der Waals surface area contributed by atoms with Gasteiger partial charge in [0.2, 0.25) is 5.91 Å². The minimum Gasteiger partial charge on any atom is -0.387 e. The van der Waals surface area contributed by atoms with E-state index in [1.54, 1.807) is 10.8 Å². The number of hydrogen-bond acceptors (Lipinski definition) is 6. The Kier molecular flexibility index (Phi) is 8.54. The first-order valence-electron chi connectivity index (χ1n) is 14.3. The first-order chi connectivity index (χ1) is 20.2. The topological polar surface area (TPSA) is 106 Å². The van der Waals surface area contributed by atoms with E-state index in [2.05, 4.69) is 28.8 Å². The molecule has 0 fully saturated rings. The van der Waals surface area contributed by atoms with Crippen LogP contribution in [0.2, 0.25) is 5.02 Å². The Hall–Kier alpha value is -4.30. The highest BCUT2D eigenvalue weighted by atomic mass is 35.5. The van der Waals surface area contributed by atoms with Gasteiger partial charge >= 0.3 is 0 Å². The fraction of sp³-hybridized carbons (Fsp3) is 0.303. The lowest BCUT2D eigenvalue weighted by Gasteiger charge is -2.22. The fourth-order valence-corrected chi connectivity index (χ4v) is 5.70. The van der Waals surface area contributed by atoms with E-state index in [9.17, 15) is 9.59 Å². The summed E-state index contributed by atoms with van der Waals surface area (Å²) in [5.41, 5.74) is 11.5. The van der Waals surface area contributed by atoms with Crippen LogP contribution in [0.5, 0.6) is 0 Å². The van der Waals surface area contributed by atoms with Gasteiger partial charge in [0.1, 0.15) is 11.7 Å². The van der Waals surface area contributed by atoms with Gasteiger partial charge in [0, 0.05) is 53.6 Å². The maximum atomic E-state index is 13.4. The maximum absolute atomic E-state index is 13.4. The molecule has 2 N–H and O–H groups in total. The van der Waals surface area contributed by atoms with Gasteiger partial charge in [-0.3, -0.25) is 9.59 Å². The molecular weight excluding hydrogens is 548 g/mol. The number of nitrogens with zero attached hydrogens (tertiary/aromatic N) is 5. The van der Waals surface area contributed by atoms with Gasteiger partial charge in [-0.25, -0.2) is 15.0 Å². The fourth-order valence-electron chi connectivity index (χ4n) is 5.43. The van der Waals surface area contributed by atoms with E-state index in [1.165, 1.54) is 0 Å². The summed E-state index contributed by atoms with van der Waals surface area (Å²) in [5.74, 6) is 0.933. The number of benzene rings is 2. The molecule has 4 aromatic rings. The summed E-state index contributed by atoms with van der Waals surface area (Å²) in [7, 11) is 0. The number of aromatic nitrogens is 3.